The summed E-state index contributed by atoms with van der Waals surface area (Å²) in [6, 6.07) is 8.31. The van der Waals surface area contributed by atoms with Gasteiger partial charge < -0.3 is 4.90 Å². The lowest BCUT2D eigenvalue weighted by Crippen LogP contribution is -2.50. The van der Waals surface area contributed by atoms with Gasteiger partial charge in [0.25, 0.3) is 5.91 Å². The van der Waals surface area contributed by atoms with Crippen LogP contribution in [0.3, 0.4) is 0 Å². The van der Waals surface area contributed by atoms with E-state index < -0.39 is 5.91 Å². The molecule has 5 rings (SSSR count). The van der Waals surface area contributed by atoms with Gasteiger partial charge in [-0.15, -0.1) is 0 Å². The highest BCUT2D eigenvalue weighted by atomic mass is 16.5. The summed E-state index contributed by atoms with van der Waals surface area (Å²) in [5, 5.41) is 8.52. The second-order valence-corrected chi connectivity index (χ2v) is 9.14. The first-order valence-electron chi connectivity index (χ1n) is 9.93. The minimum absolute atomic E-state index is 0.510. The van der Waals surface area contributed by atoms with Crippen molar-refractivity contribution < 1.29 is 10.0 Å². The van der Waals surface area contributed by atoms with Crippen LogP contribution in [-0.4, -0.2) is 29.6 Å². The van der Waals surface area contributed by atoms with E-state index >= 15 is 0 Å². The van der Waals surface area contributed by atoms with Gasteiger partial charge in [0, 0.05) is 19.2 Å². The predicted molar refractivity (Wildman–Crippen MR) is 102 cm³/mol. The normalized spacial score (nSPS) is 32.5. The minimum Gasteiger partial charge on any atom is -0.302 e. The van der Waals surface area contributed by atoms with Crippen molar-refractivity contribution in [3.8, 4) is 0 Å². The third-order valence-corrected chi connectivity index (χ3v) is 6.74. The van der Waals surface area contributed by atoms with E-state index in [-0.39, 0.29) is 0 Å². The SMILES string of the molecule is CN(Cc1ccc(C=CC(=O)NO)cc1)CC12CC3CC(CC(C3)C1)C2. The lowest BCUT2D eigenvalue weighted by atomic mass is 9.49. The van der Waals surface area contributed by atoms with Gasteiger partial charge in [-0.25, -0.2) is 5.48 Å². The Balaban J connectivity index is 1.34. The molecule has 1 aromatic rings. The summed E-state index contributed by atoms with van der Waals surface area (Å²) in [7, 11) is 2.26. The molecule has 0 heterocycles. The summed E-state index contributed by atoms with van der Waals surface area (Å²) in [6.45, 7) is 2.21. The molecule has 4 heteroatoms. The van der Waals surface area contributed by atoms with Crippen LogP contribution < -0.4 is 5.48 Å². The van der Waals surface area contributed by atoms with E-state index in [4.69, 9.17) is 5.21 Å². The van der Waals surface area contributed by atoms with E-state index in [1.54, 1.807) is 11.6 Å². The molecule has 26 heavy (non-hydrogen) atoms. The number of benzene rings is 1. The number of hydrogen-bond acceptors (Lipinski definition) is 3. The van der Waals surface area contributed by atoms with E-state index in [1.807, 2.05) is 12.1 Å². The Kier molecular flexibility index (Phi) is 4.89. The first-order chi connectivity index (χ1) is 12.5. The Morgan fingerprint density at radius 2 is 1.73 bits per heavy atom. The Hall–Kier alpha value is -1.65. The van der Waals surface area contributed by atoms with Crippen molar-refractivity contribution in [2.75, 3.05) is 13.6 Å². The van der Waals surface area contributed by atoms with Gasteiger partial charge in [-0.1, -0.05) is 24.3 Å². The van der Waals surface area contributed by atoms with Crippen molar-refractivity contribution in [1.82, 2.24) is 10.4 Å². The highest BCUT2D eigenvalue weighted by molar-refractivity contribution is 5.90. The largest absolute Gasteiger partial charge is 0.302 e. The maximum atomic E-state index is 11.0. The van der Waals surface area contributed by atoms with E-state index in [9.17, 15) is 4.79 Å². The van der Waals surface area contributed by atoms with Crippen molar-refractivity contribution in [1.29, 1.82) is 0 Å². The van der Waals surface area contributed by atoms with Gasteiger partial charge in [-0.3, -0.25) is 10.0 Å². The molecular weight excluding hydrogens is 324 g/mol. The molecule has 1 amide bonds. The van der Waals surface area contributed by atoms with Crippen LogP contribution in [0.5, 0.6) is 0 Å². The van der Waals surface area contributed by atoms with E-state index in [0.29, 0.717) is 5.41 Å². The Morgan fingerprint density at radius 1 is 1.15 bits per heavy atom. The monoisotopic (exact) mass is 354 g/mol. The van der Waals surface area contributed by atoms with Gasteiger partial charge in [-0.05, 0) is 85.9 Å². The van der Waals surface area contributed by atoms with Gasteiger partial charge in [0.15, 0.2) is 0 Å². The zero-order valence-corrected chi connectivity index (χ0v) is 15.7. The maximum absolute atomic E-state index is 11.0. The van der Waals surface area contributed by atoms with Crippen molar-refractivity contribution in [3.05, 3.63) is 41.5 Å². The molecule has 1 aromatic carbocycles. The van der Waals surface area contributed by atoms with E-state index in [2.05, 4.69) is 24.1 Å². The van der Waals surface area contributed by atoms with Gasteiger partial charge in [0.2, 0.25) is 0 Å². The standard InChI is InChI=1S/C22H30N2O2/c1-24(14-17-4-2-16(3-5-17)6-7-21(25)23-26)15-22-11-18-8-19(12-22)10-20(9-18)13-22/h2-7,18-20,26H,8-15H2,1H3,(H,23,25). The van der Waals surface area contributed by atoms with Gasteiger partial charge in [0.05, 0.1) is 0 Å². The van der Waals surface area contributed by atoms with Crippen LogP contribution in [0.15, 0.2) is 30.3 Å². The fraction of sp³-hybridized carbons (Fsp3) is 0.591. The smallest absolute Gasteiger partial charge is 0.267 e. The maximum Gasteiger partial charge on any atom is 0.267 e. The zero-order chi connectivity index (χ0) is 18.1. The number of hydroxylamine groups is 1. The molecule has 0 aliphatic heterocycles. The molecule has 4 bridgehead atoms. The lowest BCUT2D eigenvalue weighted by Gasteiger charge is -2.57. The molecule has 0 atom stereocenters. The number of hydrogen-bond donors (Lipinski definition) is 2. The van der Waals surface area contributed by atoms with Crippen LogP contribution in [0, 0.1) is 23.2 Å². The number of carbonyl (C=O) groups excluding carboxylic acids is 1. The number of nitrogens with zero attached hydrogens (tertiary/aromatic N) is 1. The number of nitrogens with one attached hydrogen (secondary N) is 1. The first-order valence-corrected chi connectivity index (χ1v) is 9.93. The summed E-state index contributed by atoms with van der Waals surface area (Å²) >= 11 is 0. The molecular formula is C22H30N2O2. The lowest BCUT2D eigenvalue weighted by molar-refractivity contribution is -0.124. The van der Waals surface area contributed by atoms with Crippen molar-refractivity contribution in [2.24, 2.45) is 23.2 Å². The van der Waals surface area contributed by atoms with Gasteiger partial charge >= 0.3 is 0 Å². The fourth-order valence-corrected chi connectivity index (χ4v) is 6.37. The second kappa shape index (κ2) is 7.16. The number of amides is 1. The molecule has 0 unspecified atom stereocenters. The molecule has 4 fully saturated rings. The van der Waals surface area contributed by atoms with E-state index in [0.717, 1.165) is 29.9 Å². The molecule has 2 N–H and O–H groups in total. The molecule has 4 aliphatic rings. The molecule has 140 valence electrons. The molecule has 0 aromatic heterocycles. The summed E-state index contributed by atoms with van der Waals surface area (Å²) < 4.78 is 0. The number of rotatable bonds is 6. The molecule has 4 nitrogen and oxygen atoms in total. The average Bonchev–Trinajstić information content (AvgIpc) is 2.59. The van der Waals surface area contributed by atoms with Crippen LogP contribution in [0.4, 0.5) is 0 Å². The first kappa shape index (κ1) is 17.7. The Morgan fingerprint density at radius 3 is 2.27 bits per heavy atom. The van der Waals surface area contributed by atoms with Crippen LogP contribution in [0.25, 0.3) is 6.08 Å². The van der Waals surface area contributed by atoms with Crippen molar-refractivity contribution in [2.45, 2.75) is 45.1 Å². The molecule has 0 saturated heterocycles. The molecule has 4 aliphatic carbocycles. The summed E-state index contributed by atoms with van der Waals surface area (Å²) in [4.78, 5) is 13.6. The van der Waals surface area contributed by atoms with Gasteiger partial charge in [0.1, 0.15) is 0 Å². The van der Waals surface area contributed by atoms with Crippen molar-refractivity contribution in [3.63, 3.8) is 0 Å². The fourth-order valence-electron chi connectivity index (χ4n) is 6.37. The number of carbonyl (C=O) groups is 1. The summed E-state index contributed by atoms with van der Waals surface area (Å²) in [6.07, 6.45) is 11.9. The Labute approximate surface area is 156 Å². The molecule has 4 saturated carbocycles. The van der Waals surface area contributed by atoms with Crippen LogP contribution in [0.1, 0.15) is 49.7 Å². The average molecular weight is 354 g/mol. The van der Waals surface area contributed by atoms with Crippen molar-refractivity contribution >= 4 is 12.0 Å². The Bertz CT molecular complexity index is 645. The molecule has 0 spiro atoms. The van der Waals surface area contributed by atoms with Crippen LogP contribution in [-0.2, 0) is 11.3 Å². The molecule has 0 radical (unpaired) electrons. The minimum atomic E-state index is -0.510. The highest BCUT2D eigenvalue weighted by Gasteiger charge is 2.50. The van der Waals surface area contributed by atoms with Gasteiger partial charge in [-0.2, -0.15) is 0 Å². The van der Waals surface area contributed by atoms with Crippen LogP contribution >= 0.6 is 0 Å². The topological polar surface area (TPSA) is 52.6 Å². The second-order valence-electron chi connectivity index (χ2n) is 9.14. The van der Waals surface area contributed by atoms with Crippen LogP contribution in [0.2, 0.25) is 0 Å². The summed E-state index contributed by atoms with van der Waals surface area (Å²) in [5.74, 6) is 2.52. The summed E-state index contributed by atoms with van der Waals surface area (Å²) in [5.41, 5.74) is 4.45. The van der Waals surface area contributed by atoms with E-state index in [1.165, 1.54) is 56.7 Å². The quantitative estimate of drug-likeness (QED) is 0.463. The third kappa shape index (κ3) is 3.86. The highest BCUT2D eigenvalue weighted by Crippen LogP contribution is 2.60. The zero-order valence-electron chi connectivity index (χ0n) is 15.7. The predicted octanol–water partition coefficient (Wildman–Crippen LogP) is 3.85. The third-order valence-electron chi connectivity index (χ3n) is 6.74.